The number of benzene rings is 11. The molecule has 66 heavy (non-hydrogen) atoms. The molecule has 0 aromatic heterocycles. The Kier molecular flexibility index (Phi) is 9.10. The van der Waals surface area contributed by atoms with Gasteiger partial charge in [0.15, 0.2) is 0 Å². The molecule has 0 nitrogen and oxygen atoms in total. The molecular formula is C66H44. The molecule has 11 aromatic rings. The predicted molar refractivity (Wildman–Crippen MR) is 281 cm³/mol. The highest BCUT2D eigenvalue weighted by atomic mass is 14.4. The first-order valence-corrected chi connectivity index (χ1v) is 23.2. The number of rotatable bonds is 6. The molecule has 0 fully saturated rings. The van der Waals surface area contributed by atoms with Crippen LogP contribution in [0.2, 0.25) is 0 Å². The van der Waals surface area contributed by atoms with Crippen molar-refractivity contribution in [3.05, 3.63) is 283 Å². The van der Waals surface area contributed by atoms with Gasteiger partial charge in [-0.3, -0.25) is 0 Å². The minimum absolute atomic E-state index is 0.122. The van der Waals surface area contributed by atoms with Crippen molar-refractivity contribution in [2.24, 2.45) is 5.92 Å². The second-order valence-electron chi connectivity index (χ2n) is 17.8. The van der Waals surface area contributed by atoms with E-state index in [-0.39, 0.29) is 11.8 Å². The van der Waals surface area contributed by atoms with E-state index < -0.39 is 0 Å². The van der Waals surface area contributed by atoms with Crippen molar-refractivity contribution >= 4 is 48.7 Å². The van der Waals surface area contributed by atoms with E-state index in [1.807, 2.05) is 0 Å². The summed E-state index contributed by atoms with van der Waals surface area (Å²) in [4.78, 5) is 0. The highest BCUT2D eigenvalue weighted by Gasteiger charge is 2.37. The van der Waals surface area contributed by atoms with Crippen LogP contribution in [-0.4, -0.2) is 0 Å². The third kappa shape index (κ3) is 6.21. The lowest BCUT2D eigenvalue weighted by molar-refractivity contribution is 0.649. The Balaban J connectivity index is 0.998. The van der Waals surface area contributed by atoms with Crippen LogP contribution in [0, 0.1) is 5.92 Å². The van der Waals surface area contributed by atoms with Gasteiger partial charge in [0.25, 0.3) is 0 Å². The minimum atomic E-state index is 0.122. The highest BCUT2D eigenvalue weighted by Crippen LogP contribution is 2.54. The minimum Gasteiger partial charge on any atom is -0.0760 e. The molecule has 0 amide bonds. The molecule has 2 aliphatic rings. The molecule has 0 bridgehead atoms. The van der Waals surface area contributed by atoms with Gasteiger partial charge in [-0.25, -0.2) is 0 Å². The summed E-state index contributed by atoms with van der Waals surface area (Å²) < 4.78 is 0. The van der Waals surface area contributed by atoms with Gasteiger partial charge in [0.1, 0.15) is 0 Å². The highest BCUT2D eigenvalue weighted by molar-refractivity contribution is 6.21. The topological polar surface area (TPSA) is 0 Å². The van der Waals surface area contributed by atoms with Gasteiger partial charge in [-0.05, 0) is 133 Å². The Hall–Kier alpha value is -8.32. The average Bonchev–Trinajstić information content (AvgIpc) is 3.39. The van der Waals surface area contributed by atoms with E-state index in [1.165, 1.54) is 121 Å². The molecule has 0 heterocycles. The maximum Gasteiger partial charge on any atom is 0.0199 e. The summed E-state index contributed by atoms with van der Waals surface area (Å²) in [5.74, 6) is 0.257. The van der Waals surface area contributed by atoms with Crippen molar-refractivity contribution in [3.8, 4) is 44.5 Å². The Labute approximate surface area is 385 Å². The maximum absolute atomic E-state index is 2.47. The van der Waals surface area contributed by atoms with Crippen LogP contribution < -0.4 is 0 Å². The molecule has 0 spiro atoms. The van der Waals surface area contributed by atoms with Crippen molar-refractivity contribution in [3.63, 3.8) is 0 Å². The molecule has 13 rings (SSSR count). The molecular weight excluding hydrogens is 793 g/mol. The molecule has 0 heteroatoms. The second kappa shape index (κ2) is 15.7. The largest absolute Gasteiger partial charge is 0.0760 e. The summed E-state index contributed by atoms with van der Waals surface area (Å²) >= 11 is 0. The van der Waals surface area contributed by atoms with Crippen LogP contribution in [-0.2, 0) is 0 Å². The van der Waals surface area contributed by atoms with Crippen molar-refractivity contribution < 1.29 is 0 Å². The maximum atomic E-state index is 2.47. The molecule has 2 atom stereocenters. The smallest absolute Gasteiger partial charge is 0.0199 e. The van der Waals surface area contributed by atoms with E-state index in [2.05, 4.69) is 255 Å². The molecule has 0 saturated heterocycles. The SMILES string of the molecule is C1=CC2=C(c3c4ccccc4c(-c4cccc(-c5ccc6ccccc6c5)c4)c4ccccc34)c3ccccc3C(c3cccc(-c4ccc5ccccc5c4-c4ccccc4)c3)C2C=C1. The summed E-state index contributed by atoms with van der Waals surface area (Å²) in [7, 11) is 0. The lowest BCUT2D eigenvalue weighted by Crippen LogP contribution is -2.23. The van der Waals surface area contributed by atoms with Gasteiger partial charge in [-0.2, -0.15) is 0 Å². The van der Waals surface area contributed by atoms with Crippen LogP contribution in [0.4, 0.5) is 0 Å². The third-order valence-corrected chi connectivity index (χ3v) is 14.2. The molecule has 0 radical (unpaired) electrons. The first kappa shape index (κ1) is 38.2. The average molecular weight is 837 g/mol. The normalized spacial score (nSPS) is 15.4. The van der Waals surface area contributed by atoms with E-state index in [0.29, 0.717) is 0 Å². The second-order valence-corrected chi connectivity index (χ2v) is 17.8. The number of fused-ring (bicyclic) bond motifs is 6. The van der Waals surface area contributed by atoms with Crippen molar-refractivity contribution in [1.29, 1.82) is 0 Å². The van der Waals surface area contributed by atoms with Crippen LogP contribution >= 0.6 is 0 Å². The molecule has 2 unspecified atom stereocenters. The van der Waals surface area contributed by atoms with Gasteiger partial charge in [-0.15, -0.1) is 0 Å². The Morgan fingerprint density at radius 1 is 0.303 bits per heavy atom. The Bertz CT molecular complexity index is 3760. The fraction of sp³-hybridized carbons (Fsp3) is 0.0303. The van der Waals surface area contributed by atoms with Crippen molar-refractivity contribution in [1.82, 2.24) is 0 Å². The molecule has 2 aliphatic carbocycles. The lowest BCUT2D eigenvalue weighted by atomic mass is 9.65. The summed E-state index contributed by atoms with van der Waals surface area (Å²) in [5.41, 5.74) is 17.9. The van der Waals surface area contributed by atoms with E-state index in [0.717, 1.165) is 0 Å². The first-order valence-electron chi connectivity index (χ1n) is 23.2. The monoisotopic (exact) mass is 836 g/mol. The van der Waals surface area contributed by atoms with Gasteiger partial charge < -0.3 is 0 Å². The number of hydrogen-bond acceptors (Lipinski definition) is 0. The molecule has 0 saturated carbocycles. The first-order chi connectivity index (χ1) is 32.8. The van der Waals surface area contributed by atoms with Gasteiger partial charge in [-0.1, -0.05) is 243 Å². The third-order valence-electron chi connectivity index (χ3n) is 14.2. The van der Waals surface area contributed by atoms with Crippen LogP contribution in [0.1, 0.15) is 28.2 Å². The van der Waals surface area contributed by atoms with Gasteiger partial charge in [0, 0.05) is 11.8 Å². The zero-order valence-corrected chi connectivity index (χ0v) is 36.4. The summed E-state index contributed by atoms with van der Waals surface area (Å²) in [5, 5.41) is 10.1. The fourth-order valence-corrected chi connectivity index (χ4v) is 11.4. The van der Waals surface area contributed by atoms with Gasteiger partial charge in [0.05, 0.1) is 0 Å². The summed E-state index contributed by atoms with van der Waals surface area (Å²) in [6.45, 7) is 0. The zero-order chi connectivity index (χ0) is 43.6. The van der Waals surface area contributed by atoms with Crippen molar-refractivity contribution in [2.75, 3.05) is 0 Å². The van der Waals surface area contributed by atoms with E-state index in [9.17, 15) is 0 Å². The lowest BCUT2D eigenvalue weighted by Gasteiger charge is -2.37. The standard InChI is InChI=1S/C66H44/c1-2-20-45(21-3-1)62-52-27-7-6-19-44(52)38-39-53(62)49-24-17-26-51(42-49)64-56-30-10-14-34-60(56)66(61-35-15-11-31-57(61)64)65-58-32-12-8-28-54(58)63(55-29-9-13-33-59(55)65)50-25-16-23-47(41-50)48-37-36-43-18-4-5-22-46(43)40-48/h1-42,56,64H. The van der Waals surface area contributed by atoms with Crippen LogP contribution in [0.5, 0.6) is 0 Å². The van der Waals surface area contributed by atoms with E-state index in [4.69, 9.17) is 0 Å². The van der Waals surface area contributed by atoms with Crippen LogP contribution in [0.25, 0.3) is 93.2 Å². The molecule has 0 aliphatic heterocycles. The fourth-order valence-electron chi connectivity index (χ4n) is 11.4. The number of hydrogen-bond donors (Lipinski definition) is 0. The van der Waals surface area contributed by atoms with E-state index in [1.54, 1.807) is 0 Å². The summed E-state index contributed by atoms with van der Waals surface area (Å²) in [6, 6.07) is 85.7. The van der Waals surface area contributed by atoms with Crippen LogP contribution in [0.3, 0.4) is 0 Å². The molecule has 308 valence electrons. The molecule has 11 aromatic carbocycles. The van der Waals surface area contributed by atoms with Gasteiger partial charge >= 0.3 is 0 Å². The van der Waals surface area contributed by atoms with Crippen molar-refractivity contribution in [2.45, 2.75) is 5.92 Å². The quantitative estimate of drug-likeness (QED) is 0.146. The zero-order valence-electron chi connectivity index (χ0n) is 36.4. The summed E-state index contributed by atoms with van der Waals surface area (Å²) in [6.07, 6.45) is 9.35. The predicted octanol–water partition coefficient (Wildman–Crippen LogP) is 17.7. The van der Waals surface area contributed by atoms with Gasteiger partial charge in [0.2, 0.25) is 0 Å². The Morgan fingerprint density at radius 2 is 0.894 bits per heavy atom. The van der Waals surface area contributed by atoms with Crippen LogP contribution in [0.15, 0.2) is 260 Å². The number of allylic oxidation sites excluding steroid dienone is 5. The Morgan fingerprint density at radius 3 is 1.70 bits per heavy atom. The molecule has 0 N–H and O–H groups in total. The van der Waals surface area contributed by atoms with E-state index >= 15 is 0 Å².